The number of esters is 1. The monoisotopic (exact) mass is 436 g/mol. The van der Waals surface area contributed by atoms with Gasteiger partial charge in [-0.1, -0.05) is 65.2 Å². The molecule has 30 heavy (non-hydrogen) atoms. The molecule has 3 atom stereocenters. The molecule has 0 bridgehead atoms. The van der Waals surface area contributed by atoms with Crippen LogP contribution in [0.1, 0.15) is 90.9 Å². The Kier molecular flexibility index (Phi) is 23.2. The zero-order valence-electron chi connectivity index (χ0n) is 18.8. The van der Waals surface area contributed by atoms with Crippen molar-refractivity contribution in [1.29, 1.82) is 0 Å². The predicted octanol–water partition coefficient (Wildman–Crippen LogP) is 2.64. The van der Waals surface area contributed by atoms with E-state index in [-0.39, 0.29) is 32.2 Å². The smallest absolute Gasteiger partial charge is 0.306 e. The minimum atomic E-state index is -0.950. The Morgan fingerprint density at radius 1 is 0.800 bits per heavy atom. The minimum absolute atomic E-state index is 0.107. The van der Waals surface area contributed by atoms with Crippen LogP contribution in [0.2, 0.25) is 0 Å². The Morgan fingerprint density at radius 2 is 1.33 bits per heavy atom. The first-order chi connectivity index (χ1) is 14.3. The molecule has 0 rings (SSSR count). The van der Waals surface area contributed by atoms with Gasteiger partial charge in [0.15, 0.2) is 0 Å². The number of carbonyl (C=O) groups excluding carboxylic acids is 1. The van der Waals surface area contributed by atoms with Gasteiger partial charge < -0.3 is 30.3 Å². The van der Waals surface area contributed by atoms with Gasteiger partial charge >= 0.3 is 11.9 Å². The highest BCUT2D eigenvalue weighted by Gasteiger charge is 2.20. The van der Waals surface area contributed by atoms with Crippen molar-refractivity contribution < 1.29 is 39.9 Å². The molecular weight excluding hydrogens is 392 g/mol. The van der Waals surface area contributed by atoms with E-state index in [0.717, 1.165) is 44.9 Å². The lowest BCUT2D eigenvalue weighted by Crippen LogP contribution is -2.23. The van der Waals surface area contributed by atoms with Crippen LogP contribution in [0.3, 0.4) is 0 Å². The molecule has 8 nitrogen and oxygen atoms in total. The molecule has 180 valence electrons. The molecule has 0 aromatic rings. The van der Waals surface area contributed by atoms with Crippen molar-refractivity contribution in [3.8, 4) is 0 Å². The third-order valence-corrected chi connectivity index (χ3v) is 4.65. The molecule has 0 heterocycles. The van der Waals surface area contributed by atoms with Crippen molar-refractivity contribution in [3.05, 3.63) is 0 Å². The quantitative estimate of drug-likeness (QED) is 0.163. The molecule has 0 aromatic carbocycles. The van der Waals surface area contributed by atoms with E-state index in [1.54, 1.807) is 0 Å². The van der Waals surface area contributed by atoms with Gasteiger partial charge in [-0.2, -0.15) is 0 Å². The van der Waals surface area contributed by atoms with Crippen molar-refractivity contribution in [2.45, 2.75) is 103 Å². The number of unbranched alkanes of at least 4 members (excludes halogenated alkanes) is 7. The number of hydrogen-bond donors (Lipinski definition) is 5. The zero-order chi connectivity index (χ0) is 23.2. The highest BCUT2D eigenvalue weighted by molar-refractivity contribution is 5.70. The molecule has 0 saturated carbocycles. The normalized spacial score (nSPS) is 13.7. The van der Waals surface area contributed by atoms with Gasteiger partial charge in [-0.05, 0) is 19.3 Å². The number of rotatable bonds is 18. The number of carboxylic acid groups (broad SMARTS) is 1. The van der Waals surface area contributed by atoms with Crippen LogP contribution < -0.4 is 0 Å². The third kappa shape index (κ3) is 21.5. The summed E-state index contributed by atoms with van der Waals surface area (Å²) in [6.45, 7) is 3.40. The molecule has 3 unspecified atom stereocenters. The molecule has 0 fully saturated rings. The van der Waals surface area contributed by atoms with Crippen LogP contribution in [0, 0.1) is 5.92 Å². The Hall–Kier alpha value is -1.22. The minimum Gasteiger partial charge on any atom is -0.481 e. The van der Waals surface area contributed by atoms with Gasteiger partial charge in [-0.25, -0.2) is 0 Å². The lowest BCUT2D eigenvalue weighted by atomic mass is 9.95. The fraction of sp³-hybridized carbons (Fsp3) is 0.909. The Labute approximate surface area is 181 Å². The van der Waals surface area contributed by atoms with E-state index >= 15 is 0 Å². The molecule has 0 spiro atoms. The molecule has 8 heteroatoms. The molecule has 0 saturated heterocycles. The second kappa shape index (κ2) is 22.5. The molecule has 5 N–H and O–H groups in total. The number of hydrogen-bond acceptors (Lipinski definition) is 7. The van der Waals surface area contributed by atoms with E-state index in [9.17, 15) is 9.59 Å². The molecule has 0 aromatic heterocycles. The fourth-order valence-electron chi connectivity index (χ4n) is 2.75. The van der Waals surface area contributed by atoms with E-state index < -0.39 is 24.1 Å². The Bertz CT molecular complexity index is 401. The Balaban J connectivity index is 0. The summed E-state index contributed by atoms with van der Waals surface area (Å²) in [6, 6.07) is 0. The lowest BCUT2D eigenvalue weighted by Gasteiger charge is -2.14. The first-order valence-corrected chi connectivity index (χ1v) is 11.3. The van der Waals surface area contributed by atoms with Gasteiger partial charge in [-0.3, -0.25) is 9.59 Å². The SMILES string of the molecule is CCCCCCC(CC(O)CO)C(=O)O.CCCCCCCC(=O)OCC(O)CO. The number of aliphatic carboxylic acids is 1. The van der Waals surface area contributed by atoms with Crippen LogP contribution in [0.15, 0.2) is 0 Å². The maximum Gasteiger partial charge on any atom is 0.306 e. The maximum atomic E-state index is 11.1. The summed E-state index contributed by atoms with van der Waals surface area (Å²) in [6.07, 6.45) is 8.89. The van der Waals surface area contributed by atoms with Crippen molar-refractivity contribution >= 4 is 11.9 Å². The van der Waals surface area contributed by atoms with Gasteiger partial charge in [0.1, 0.15) is 12.7 Å². The number of carbonyl (C=O) groups is 2. The fourth-order valence-corrected chi connectivity index (χ4v) is 2.75. The van der Waals surface area contributed by atoms with Crippen molar-refractivity contribution in [2.75, 3.05) is 19.8 Å². The van der Waals surface area contributed by atoms with Crippen LogP contribution in [-0.2, 0) is 14.3 Å². The van der Waals surface area contributed by atoms with E-state index in [4.69, 9.17) is 30.3 Å². The van der Waals surface area contributed by atoms with Crippen LogP contribution in [0.4, 0.5) is 0 Å². The van der Waals surface area contributed by atoms with Crippen molar-refractivity contribution in [1.82, 2.24) is 0 Å². The van der Waals surface area contributed by atoms with Gasteiger partial charge in [0.25, 0.3) is 0 Å². The number of ether oxygens (including phenoxy) is 1. The number of aliphatic hydroxyl groups excluding tert-OH is 4. The van der Waals surface area contributed by atoms with Crippen LogP contribution in [0.5, 0.6) is 0 Å². The Morgan fingerprint density at radius 3 is 1.83 bits per heavy atom. The second-order valence-electron chi connectivity index (χ2n) is 7.64. The first kappa shape index (κ1) is 31.0. The number of carboxylic acids is 1. The summed E-state index contributed by atoms with van der Waals surface area (Å²) in [7, 11) is 0. The summed E-state index contributed by atoms with van der Waals surface area (Å²) in [5.74, 6) is -1.69. The number of aliphatic hydroxyl groups is 4. The lowest BCUT2D eigenvalue weighted by molar-refractivity contribution is -0.147. The average Bonchev–Trinajstić information content (AvgIpc) is 2.74. The van der Waals surface area contributed by atoms with Gasteiger partial charge in [0.2, 0.25) is 0 Å². The van der Waals surface area contributed by atoms with Gasteiger partial charge in [0.05, 0.1) is 25.2 Å². The third-order valence-electron chi connectivity index (χ3n) is 4.65. The second-order valence-corrected chi connectivity index (χ2v) is 7.64. The first-order valence-electron chi connectivity index (χ1n) is 11.3. The summed E-state index contributed by atoms with van der Waals surface area (Å²) >= 11 is 0. The van der Waals surface area contributed by atoms with E-state index in [0.29, 0.717) is 12.8 Å². The van der Waals surface area contributed by atoms with E-state index in [2.05, 4.69) is 13.8 Å². The topological polar surface area (TPSA) is 145 Å². The zero-order valence-corrected chi connectivity index (χ0v) is 18.8. The van der Waals surface area contributed by atoms with Crippen LogP contribution in [-0.4, -0.2) is 69.5 Å². The predicted molar refractivity (Wildman–Crippen MR) is 115 cm³/mol. The van der Waals surface area contributed by atoms with Gasteiger partial charge in [-0.15, -0.1) is 0 Å². The summed E-state index contributed by atoms with van der Waals surface area (Å²) in [5.41, 5.74) is 0. The molecule has 0 aliphatic carbocycles. The molecule has 0 aliphatic rings. The summed E-state index contributed by atoms with van der Waals surface area (Å²) in [5, 5.41) is 44.1. The highest BCUT2D eigenvalue weighted by atomic mass is 16.5. The standard InChI is InChI=1S/2C11H22O4/c1-2-3-4-5-6-9(11(14)15)7-10(13)8-12;1-2-3-4-5-6-7-11(14)15-9-10(13)8-12/h9-10,12-13H,2-8H2,1H3,(H,14,15);10,12-13H,2-9H2,1H3. The highest BCUT2D eigenvalue weighted by Crippen LogP contribution is 2.16. The molecule has 0 radical (unpaired) electrons. The largest absolute Gasteiger partial charge is 0.481 e. The summed E-state index contributed by atoms with van der Waals surface area (Å²) in [4.78, 5) is 21.9. The van der Waals surface area contributed by atoms with Crippen LogP contribution in [0.25, 0.3) is 0 Å². The van der Waals surface area contributed by atoms with Gasteiger partial charge in [0, 0.05) is 6.42 Å². The maximum absolute atomic E-state index is 11.1. The average molecular weight is 437 g/mol. The van der Waals surface area contributed by atoms with Crippen LogP contribution >= 0.6 is 0 Å². The summed E-state index contributed by atoms with van der Waals surface area (Å²) < 4.78 is 4.75. The van der Waals surface area contributed by atoms with Crippen molar-refractivity contribution in [3.63, 3.8) is 0 Å². The van der Waals surface area contributed by atoms with Crippen molar-refractivity contribution in [2.24, 2.45) is 5.92 Å². The van der Waals surface area contributed by atoms with E-state index in [1.165, 1.54) is 12.8 Å². The van der Waals surface area contributed by atoms with E-state index in [1.807, 2.05) is 0 Å². The molecule has 0 aliphatic heterocycles. The molecule has 0 amide bonds. The molecular formula is C22H44O8.